The molecule has 5 rings (SSSR count). The molecular formula is C29H45ClN4O4S. The highest BCUT2D eigenvalue weighted by molar-refractivity contribution is 7.88. The molecule has 8 nitrogen and oxygen atoms in total. The van der Waals surface area contributed by atoms with Crippen LogP contribution >= 0.6 is 12.4 Å². The van der Waals surface area contributed by atoms with Gasteiger partial charge in [0, 0.05) is 31.4 Å². The molecule has 0 aromatic carbocycles. The summed E-state index contributed by atoms with van der Waals surface area (Å²) in [5, 5.41) is 0. The third-order valence-electron chi connectivity index (χ3n) is 9.43. The number of nitrogens with zero attached hydrogens (tertiary/aromatic N) is 4. The lowest BCUT2D eigenvalue weighted by molar-refractivity contribution is -0.129. The Bertz CT molecular complexity index is 1100. The Balaban J connectivity index is 0.00000353. The summed E-state index contributed by atoms with van der Waals surface area (Å²) < 4.78 is 25.9. The van der Waals surface area contributed by atoms with Crippen LogP contribution in [-0.4, -0.2) is 76.3 Å². The molecule has 0 spiro atoms. The second kappa shape index (κ2) is 12.4. The van der Waals surface area contributed by atoms with Crippen LogP contribution in [0.5, 0.6) is 0 Å². The maximum absolute atomic E-state index is 13.6. The quantitative estimate of drug-likeness (QED) is 0.467. The van der Waals surface area contributed by atoms with Crippen LogP contribution in [-0.2, 0) is 21.4 Å². The summed E-state index contributed by atoms with van der Waals surface area (Å²) in [7, 11) is -3.69. The summed E-state index contributed by atoms with van der Waals surface area (Å²) in [4.78, 5) is 35.9. The molecule has 0 N–H and O–H groups in total. The second-order valence-corrected chi connectivity index (χ2v) is 14.2. The minimum Gasteiger partial charge on any atom is -0.333 e. The van der Waals surface area contributed by atoms with Gasteiger partial charge >= 0.3 is 0 Å². The zero-order valence-corrected chi connectivity index (χ0v) is 25.3. The number of hydrogen-bond donors (Lipinski definition) is 0. The molecule has 0 bridgehead atoms. The largest absolute Gasteiger partial charge is 0.333 e. The topological polar surface area (TPSA) is 90.9 Å². The van der Waals surface area contributed by atoms with Crippen LogP contribution in [0, 0.1) is 11.8 Å². The smallest absolute Gasteiger partial charge is 0.255 e. The Morgan fingerprint density at radius 3 is 2.08 bits per heavy atom. The van der Waals surface area contributed by atoms with Crippen molar-refractivity contribution in [3.63, 3.8) is 0 Å². The predicted octanol–water partition coefficient (Wildman–Crippen LogP) is 4.63. The number of amides is 2. The van der Waals surface area contributed by atoms with Gasteiger partial charge < -0.3 is 4.90 Å². The Morgan fingerprint density at radius 1 is 1.00 bits per heavy atom. The molecule has 1 aromatic rings. The van der Waals surface area contributed by atoms with Crippen molar-refractivity contribution in [1.29, 1.82) is 0 Å². The van der Waals surface area contributed by atoms with Gasteiger partial charge in [0.15, 0.2) is 0 Å². The summed E-state index contributed by atoms with van der Waals surface area (Å²) in [5.41, 5.74) is 1.50. The van der Waals surface area contributed by atoms with Crippen molar-refractivity contribution in [2.75, 3.05) is 12.8 Å². The number of halogens is 1. The maximum atomic E-state index is 13.6. The molecule has 10 heteroatoms. The van der Waals surface area contributed by atoms with E-state index in [2.05, 4.69) is 4.90 Å². The number of fused-ring (bicyclic) bond motifs is 1. The number of carbonyl (C=O) groups is 2. The van der Waals surface area contributed by atoms with E-state index in [0.717, 1.165) is 22.8 Å². The first kappa shape index (κ1) is 30.3. The Hall–Kier alpha value is -1.71. The highest BCUT2D eigenvalue weighted by Gasteiger charge is 2.58. The molecule has 4 aliphatic rings. The average molecular weight is 581 g/mol. The van der Waals surface area contributed by atoms with Crippen LogP contribution in [0.15, 0.2) is 18.3 Å². The third kappa shape index (κ3) is 6.15. The first-order valence-corrected chi connectivity index (χ1v) is 16.6. The number of sulfonamides is 1. The van der Waals surface area contributed by atoms with E-state index in [-0.39, 0.29) is 30.1 Å². The summed E-state index contributed by atoms with van der Waals surface area (Å²) in [5.74, 6) is -1.13. The van der Waals surface area contributed by atoms with E-state index in [4.69, 9.17) is 4.98 Å². The van der Waals surface area contributed by atoms with Crippen LogP contribution in [0.4, 0.5) is 0 Å². The van der Waals surface area contributed by atoms with Gasteiger partial charge in [-0.25, -0.2) is 12.7 Å². The van der Waals surface area contributed by atoms with E-state index >= 15 is 0 Å². The van der Waals surface area contributed by atoms with Crippen LogP contribution in [0.3, 0.4) is 0 Å². The fourth-order valence-electron chi connectivity index (χ4n) is 7.65. The summed E-state index contributed by atoms with van der Waals surface area (Å²) >= 11 is 0. The van der Waals surface area contributed by atoms with E-state index in [1.165, 1.54) is 64.2 Å². The third-order valence-corrected chi connectivity index (χ3v) is 10.6. The number of likely N-dealkylation sites (tertiary alicyclic amines) is 1. The first-order chi connectivity index (χ1) is 18.2. The molecule has 0 unspecified atom stereocenters. The van der Waals surface area contributed by atoms with Crippen LogP contribution < -0.4 is 0 Å². The van der Waals surface area contributed by atoms with Gasteiger partial charge in [-0.15, -0.1) is 12.4 Å². The Morgan fingerprint density at radius 2 is 1.59 bits per heavy atom. The molecule has 2 saturated heterocycles. The molecule has 2 aliphatic carbocycles. The first-order valence-electron chi connectivity index (χ1n) is 14.7. The van der Waals surface area contributed by atoms with Gasteiger partial charge in [0.05, 0.1) is 35.5 Å². The van der Waals surface area contributed by atoms with Crippen molar-refractivity contribution in [1.82, 2.24) is 19.1 Å². The lowest BCUT2D eigenvalue weighted by atomic mass is 9.88. The van der Waals surface area contributed by atoms with Crippen molar-refractivity contribution in [2.45, 2.75) is 115 Å². The molecule has 3 atom stereocenters. The van der Waals surface area contributed by atoms with E-state index in [1.807, 2.05) is 26.0 Å². The standard InChI is InChI=1S/C29H44N4O4S.ClH/c1-20(2)26-27-25(33(29(26)35)38(3,36)37)16-17-31(27)28(34)21-14-15-22(30-18-21)19-32(23-10-6-4-7-11-23)24-12-8-5-9-13-24;/h14-15,18,20,23-27H,4-13,16-17,19H2,1-3H3;1H/t25-,26+,27-;/m0./s1. The van der Waals surface area contributed by atoms with Crippen molar-refractivity contribution in [3.8, 4) is 0 Å². The number of rotatable bonds is 7. The molecule has 39 heavy (non-hydrogen) atoms. The van der Waals surface area contributed by atoms with Crippen LogP contribution in [0.25, 0.3) is 0 Å². The summed E-state index contributed by atoms with van der Waals surface area (Å²) in [6.07, 6.45) is 16.2. The fraction of sp³-hybridized carbons (Fsp3) is 0.759. The molecule has 1 aromatic heterocycles. The maximum Gasteiger partial charge on any atom is 0.255 e. The van der Waals surface area contributed by atoms with E-state index in [0.29, 0.717) is 30.6 Å². The SMILES string of the molecule is CC(C)[C@H]1C(=O)N(S(C)(=O)=O)[C@H]2CCN(C(=O)c3ccc(CN(C4CCCCC4)C4CCCCC4)nc3)[C@H]12.Cl. The minimum atomic E-state index is -3.69. The van der Waals surface area contributed by atoms with E-state index in [9.17, 15) is 18.0 Å². The highest BCUT2D eigenvalue weighted by atomic mass is 35.5. The summed E-state index contributed by atoms with van der Waals surface area (Å²) in [6.45, 7) is 5.11. The molecule has 2 amide bonds. The van der Waals surface area contributed by atoms with E-state index in [1.54, 1.807) is 11.1 Å². The fourth-order valence-corrected chi connectivity index (χ4v) is 8.82. The van der Waals surface area contributed by atoms with Crippen LogP contribution in [0.1, 0.15) is 101 Å². The normalized spacial score (nSPS) is 26.8. The van der Waals surface area contributed by atoms with Crippen molar-refractivity contribution >= 4 is 34.2 Å². The summed E-state index contributed by atoms with van der Waals surface area (Å²) in [6, 6.07) is 4.19. The van der Waals surface area contributed by atoms with Gasteiger partial charge in [-0.3, -0.25) is 19.5 Å². The van der Waals surface area contributed by atoms with Gasteiger partial charge in [0.2, 0.25) is 15.9 Å². The predicted molar refractivity (Wildman–Crippen MR) is 154 cm³/mol. The van der Waals surface area contributed by atoms with Gasteiger partial charge in [-0.1, -0.05) is 52.4 Å². The zero-order chi connectivity index (χ0) is 27.0. The highest BCUT2D eigenvalue weighted by Crippen LogP contribution is 2.41. The number of hydrogen-bond acceptors (Lipinski definition) is 6. The van der Waals surface area contributed by atoms with Gasteiger partial charge in [0.1, 0.15) is 0 Å². The minimum absolute atomic E-state index is 0. The number of aromatic nitrogens is 1. The second-order valence-electron chi connectivity index (χ2n) is 12.3. The molecule has 4 fully saturated rings. The Kier molecular flexibility index (Phi) is 9.65. The Labute approximate surface area is 240 Å². The van der Waals surface area contributed by atoms with Crippen LogP contribution in [0.2, 0.25) is 0 Å². The van der Waals surface area contributed by atoms with E-state index < -0.39 is 28.0 Å². The lowest BCUT2D eigenvalue weighted by Crippen LogP contribution is -2.45. The van der Waals surface area contributed by atoms with Gasteiger partial charge in [-0.05, 0) is 50.2 Å². The number of pyridine rings is 1. The molecule has 2 aliphatic heterocycles. The molecule has 218 valence electrons. The average Bonchev–Trinajstić information content (AvgIpc) is 3.44. The van der Waals surface area contributed by atoms with Crippen molar-refractivity contribution < 1.29 is 18.0 Å². The molecular weight excluding hydrogens is 536 g/mol. The molecule has 0 radical (unpaired) electrons. The van der Waals surface area contributed by atoms with Crippen molar-refractivity contribution in [3.05, 3.63) is 29.6 Å². The van der Waals surface area contributed by atoms with Crippen molar-refractivity contribution in [2.24, 2.45) is 11.8 Å². The monoisotopic (exact) mass is 580 g/mol. The number of carbonyl (C=O) groups excluding carboxylic acids is 2. The van der Waals surface area contributed by atoms with Gasteiger partial charge in [0.25, 0.3) is 5.91 Å². The molecule has 2 saturated carbocycles. The van der Waals surface area contributed by atoms with Gasteiger partial charge in [-0.2, -0.15) is 0 Å². The zero-order valence-electron chi connectivity index (χ0n) is 23.6. The molecule has 3 heterocycles. The lowest BCUT2D eigenvalue weighted by Gasteiger charge is -2.41.